The summed E-state index contributed by atoms with van der Waals surface area (Å²) in [6, 6.07) is 31.9. The van der Waals surface area contributed by atoms with Gasteiger partial charge in [-0.2, -0.15) is 0 Å². The average molecular weight is 627 g/mol. The molecule has 3 nitrogen and oxygen atoms in total. The summed E-state index contributed by atoms with van der Waals surface area (Å²) in [5, 5.41) is 2.41. The van der Waals surface area contributed by atoms with Crippen molar-refractivity contribution >= 4 is 38.9 Å². The molecular weight excluding hydrogens is 585 g/mol. The summed E-state index contributed by atoms with van der Waals surface area (Å²) >= 11 is 0. The Hall–Kier alpha value is -5.02. The largest absolute Gasteiger partial charge is 0.455 e. The van der Waals surface area contributed by atoms with E-state index >= 15 is 0 Å². The third-order valence-electron chi connectivity index (χ3n) is 11.2. The first-order chi connectivity index (χ1) is 23.6. The number of fused-ring (bicyclic) bond motifs is 8. The van der Waals surface area contributed by atoms with Crippen molar-refractivity contribution in [1.82, 2.24) is 0 Å². The number of benzene rings is 4. The molecule has 0 amide bonds. The second kappa shape index (κ2) is 11.6. The van der Waals surface area contributed by atoms with Crippen molar-refractivity contribution in [3.63, 3.8) is 0 Å². The maximum atomic E-state index is 6.66. The average Bonchev–Trinajstić information content (AvgIpc) is 3.57. The number of anilines is 2. The molecule has 48 heavy (non-hydrogen) atoms. The normalized spacial score (nSPS) is 21.9. The van der Waals surface area contributed by atoms with Gasteiger partial charge < -0.3 is 14.2 Å². The topological polar surface area (TPSA) is 19.6 Å². The number of para-hydroxylation sites is 2. The van der Waals surface area contributed by atoms with E-state index in [9.17, 15) is 0 Å². The van der Waals surface area contributed by atoms with Crippen molar-refractivity contribution < 1.29 is 4.42 Å². The van der Waals surface area contributed by atoms with Crippen LogP contribution in [0.15, 0.2) is 143 Å². The van der Waals surface area contributed by atoms with Crippen molar-refractivity contribution in [2.75, 3.05) is 9.80 Å². The predicted molar refractivity (Wildman–Crippen MR) is 202 cm³/mol. The number of hydrogen-bond donors (Lipinski definition) is 0. The number of rotatable bonds is 5. The van der Waals surface area contributed by atoms with Crippen LogP contribution in [0.4, 0.5) is 11.4 Å². The smallest absolute Gasteiger partial charge is 0.144 e. The fourth-order valence-electron chi connectivity index (χ4n) is 8.86. The Balaban J connectivity index is 1.17. The molecule has 0 radical (unpaired) electrons. The maximum absolute atomic E-state index is 6.66. The van der Waals surface area contributed by atoms with E-state index < -0.39 is 0 Å². The summed E-state index contributed by atoms with van der Waals surface area (Å²) in [5.41, 5.74) is 15.4. The van der Waals surface area contributed by atoms with Crippen molar-refractivity contribution in [1.29, 1.82) is 0 Å². The molecule has 9 rings (SSSR count). The van der Waals surface area contributed by atoms with Crippen LogP contribution in [0, 0.1) is 5.92 Å². The van der Waals surface area contributed by atoms with Gasteiger partial charge in [0.25, 0.3) is 0 Å². The minimum absolute atomic E-state index is 0.311. The van der Waals surface area contributed by atoms with Gasteiger partial charge in [0, 0.05) is 51.6 Å². The molecule has 5 aromatic rings. The van der Waals surface area contributed by atoms with Crippen LogP contribution < -0.4 is 9.80 Å². The standard InChI is InChI=1S/C45H42N2O/c1-4-13-39-30(3)34-15-7-10-19-40(34)47(39)41-20-11-8-17-36(41)35-16-6-5-14-32(35)28-46-33-26-29(2)22-23-31(27-33)44-42(46)25-24-38-37-18-9-12-21-43(37)48-45(38)44/h4-18,20-21,24-25,27,29,33,40H,19,22-23,26,28H2,1-3H3/b13-4-. The Morgan fingerprint density at radius 1 is 0.875 bits per heavy atom. The molecular formula is C45H42N2O. The van der Waals surface area contributed by atoms with E-state index in [2.05, 4.69) is 152 Å². The van der Waals surface area contributed by atoms with Crippen LogP contribution >= 0.6 is 0 Å². The molecule has 0 fully saturated rings. The Morgan fingerprint density at radius 2 is 1.69 bits per heavy atom. The van der Waals surface area contributed by atoms with Crippen molar-refractivity contribution in [2.45, 2.75) is 65.1 Å². The van der Waals surface area contributed by atoms with Crippen LogP contribution in [0.5, 0.6) is 0 Å². The van der Waals surface area contributed by atoms with Gasteiger partial charge in [0.2, 0.25) is 0 Å². The zero-order valence-corrected chi connectivity index (χ0v) is 28.1. The van der Waals surface area contributed by atoms with Crippen LogP contribution in [0.1, 0.15) is 57.6 Å². The summed E-state index contributed by atoms with van der Waals surface area (Å²) < 4.78 is 6.66. The summed E-state index contributed by atoms with van der Waals surface area (Å²) in [7, 11) is 0. The van der Waals surface area contributed by atoms with E-state index in [0.29, 0.717) is 18.0 Å². The first kappa shape index (κ1) is 29.1. The highest BCUT2D eigenvalue weighted by molar-refractivity contribution is 6.10. The molecule has 4 aromatic carbocycles. The molecule has 2 bridgehead atoms. The summed E-state index contributed by atoms with van der Waals surface area (Å²) in [5.74, 6) is 0.657. The molecule has 238 valence electrons. The number of nitrogens with zero attached hydrogens (tertiary/aromatic N) is 2. The van der Waals surface area contributed by atoms with E-state index in [0.717, 1.165) is 37.0 Å². The fraction of sp³-hybridized carbons (Fsp3) is 0.244. The zero-order chi connectivity index (χ0) is 32.4. The molecule has 2 aliphatic carbocycles. The Bertz CT molecular complexity index is 2240. The lowest BCUT2D eigenvalue weighted by atomic mass is 9.90. The Labute approximate surface area is 283 Å². The molecule has 0 saturated heterocycles. The Morgan fingerprint density at radius 3 is 2.58 bits per heavy atom. The first-order valence-corrected chi connectivity index (χ1v) is 17.7. The highest BCUT2D eigenvalue weighted by atomic mass is 16.3. The molecule has 3 unspecified atom stereocenters. The van der Waals surface area contributed by atoms with Gasteiger partial charge >= 0.3 is 0 Å². The summed E-state index contributed by atoms with van der Waals surface area (Å²) in [4.78, 5) is 5.26. The van der Waals surface area contributed by atoms with E-state index in [1.165, 1.54) is 73.2 Å². The van der Waals surface area contributed by atoms with Gasteiger partial charge in [0.15, 0.2) is 0 Å². The molecule has 0 spiro atoms. The van der Waals surface area contributed by atoms with Gasteiger partial charge in [-0.25, -0.2) is 0 Å². The minimum Gasteiger partial charge on any atom is -0.455 e. The van der Waals surface area contributed by atoms with Crippen LogP contribution in [-0.2, 0) is 6.54 Å². The molecule has 2 aliphatic heterocycles. The fourth-order valence-corrected chi connectivity index (χ4v) is 8.86. The minimum atomic E-state index is 0.311. The third kappa shape index (κ3) is 4.55. The van der Waals surface area contributed by atoms with Crippen LogP contribution in [0.3, 0.4) is 0 Å². The molecule has 1 aromatic heterocycles. The summed E-state index contributed by atoms with van der Waals surface area (Å²) in [6.07, 6.45) is 18.4. The third-order valence-corrected chi connectivity index (χ3v) is 11.2. The van der Waals surface area contributed by atoms with E-state index in [-0.39, 0.29) is 0 Å². The maximum Gasteiger partial charge on any atom is 0.144 e. The predicted octanol–water partition coefficient (Wildman–Crippen LogP) is 11.8. The van der Waals surface area contributed by atoms with Crippen LogP contribution in [-0.4, -0.2) is 12.1 Å². The van der Waals surface area contributed by atoms with E-state index in [1.54, 1.807) is 0 Å². The molecule has 3 atom stereocenters. The molecule has 3 heteroatoms. The summed E-state index contributed by atoms with van der Waals surface area (Å²) in [6.45, 7) is 7.67. The number of furan rings is 1. The van der Waals surface area contributed by atoms with Crippen LogP contribution in [0.25, 0.3) is 38.6 Å². The quantitative estimate of drug-likeness (QED) is 0.193. The molecule has 0 saturated carbocycles. The Kier molecular flexibility index (Phi) is 7.04. The van der Waals surface area contributed by atoms with Crippen molar-refractivity contribution in [3.8, 4) is 11.1 Å². The van der Waals surface area contributed by atoms with Crippen molar-refractivity contribution in [2.24, 2.45) is 5.92 Å². The number of allylic oxidation sites excluding steroid dienone is 5. The van der Waals surface area contributed by atoms with E-state index in [1.807, 2.05) is 0 Å². The van der Waals surface area contributed by atoms with Gasteiger partial charge in [-0.1, -0.05) is 98.0 Å². The van der Waals surface area contributed by atoms with Crippen LogP contribution in [0.2, 0.25) is 0 Å². The second-order valence-electron chi connectivity index (χ2n) is 14.1. The zero-order valence-electron chi connectivity index (χ0n) is 28.1. The molecule has 3 heterocycles. The van der Waals surface area contributed by atoms with Gasteiger partial charge in [0.1, 0.15) is 11.2 Å². The van der Waals surface area contributed by atoms with Gasteiger partial charge in [-0.15, -0.1) is 0 Å². The molecule has 0 N–H and O–H groups in total. The van der Waals surface area contributed by atoms with Gasteiger partial charge in [-0.05, 0) is 104 Å². The van der Waals surface area contributed by atoms with Gasteiger partial charge in [0.05, 0.1) is 6.04 Å². The van der Waals surface area contributed by atoms with Gasteiger partial charge in [-0.3, -0.25) is 0 Å². The lowest BCUT2D eigenvalue weighted by molar-refractivity contribution is 0.469. The number of hydrogen-bond acceptors (Lipinski definition) is 3. The second-order valence-corrected chi connectivity index (χ2v) is 14.1. The lowest BCUT2D eigenvalue weighted by Crippen LogP contribution is -2.37. The SMILES string of the molecule is C/C=C\C1=C(C)C2=CC=CCC2N1c1ccccc1-c1ccccc1CN1c2ccc3c(oc4ccccc43)c2C2=CC1CC(C)CC2. The lowest BCUT2D eigenvalue weighted by Gasteiger charge is -2.38. The monoisotopic (exact) mass is 626 g/mol. The highest BCUT2D eigenvalue weighted by Gasteiger charge is 2.36. The first-order valence-electron chi connectivity index (χ1n) is 17.7. The van der Waals surface area contributed by atoms with E-state index in [4.69, 9.17) is 4.42 Å². The molecule has 4 aliphatic rings. The van der Waals surface area contributed by atoms with Crippen molar-refractivity contribution in [3.05, 3.63) is 149 Å². The highest BCUT2D eigenvalue weighted by Crippen LogP contribution is 2.49.